The van der Waals surface area contributed by atoms with Crippen molar-refractivity contribution in [1.82, 2.24) is 0 Å². The fourth-order valence-electron chi connectivity index (χ4n) is 7.40. The first-order valence-electron chi connectivity index (χ1n) is 10.1. The van der Waals surface area contributed by atoms with Crippen molar-refractivity contribution >= 4 is 0 Å². The molecular weight excluding hydrogens is 296 g/mol. The Hall–Kier alpha value is -0.600. The number of hydrogen-bond acceptors (Lipinski definition) is 2. The van der Waals surface area contributed by atoms with Gasteiger partial charge in [0.1, 0.15) is 0 Å². The lowest BCUT2D eigenvalue weighted by atomic mass is 9.47. The highest BCUT2D eigenvalue weighted by molar-refractivity contribution is 5.37. The van der Waals surface area contributed by atoms with Gasteiger partial charge in [0, 0.05) is 18.9 Å². The van der Waals surface area contributed by atoms with Crippen molar-refractivity contribution in [3.63, 3.8) is 0 Å². The Morgan fingerprint density at radius 2 is 1.83 bits per heavy atom. The normalized spacial score (nSPS) is 55.4. The van der Waals surface area contributed by atoms with Crippen molar-refractivity contribution < 1.29 is 9.47 Å². The molecule has 1 saturated heterocycles. The molecule has 0 amide bonds. The third kappa shape index (κ3) is 1.75. The van der Waals surface area contributed by atoms with Crippen molar-refractivity contribution in [2.45, 2.75) is 70.5 Å². The average molecular weight is 328 g/mol. The fourth-order valence-corrected chi connectivity index (χ4v) is 7.40. The van der Waals surface area contributed by atoms with Crippen LogP contribution in [0.15, 0.2) is 23.8 Å². The van der Waals surface area contributed by atoms with E-state index in [2.05, 4.69) is 32.1 Å². The summed E-state index contributed by atoms with van der Waals surface area (Å²) in [5.74, 6) is 2.40. The van der Waals surface area contributed by atoms with Crippen LogP contribution in [0.4, 0.5) is 0 Å². The zero-order valence-corrected chi connectivity index (χ0v) is 15.5. The van der Waals surface area contributed by atoms with Gasteiger partial charge in [0.05, 0.1) is 18.3 Å². The summed E-state index contributed by atoms with van der Waals surface area (Å²) in [6, 6.07) is 0. The van der Waals surface area contributed by atoms with Crippen molar-refractivity contribution in [1.29, 1.82) is 0 Å². The molecule has 0 N–H and O–H groups in total. The molecule has 4 aliphatic carbocycles. The Morgan fingerprint density at radius 1 is 1.04 bits per heavy atom. The van der Waals surface area contributed by atoms with Crippen molar-refractivity contribution in [3.8, 4) is 0 Å². The first kappa shape index (κ1) is 15.6. The third-order valence-electron chi connectivity index (χ3n) is 9.10. The van der Waals surface area contributed by atoms with Crippen LogP contribution < -0.4 is 0 Å². The van der Waals surface area contributed by atoms with Crippen LogP contribution in [0, 0.1) is 28.6 Å². The minimum absolute atomic E-state index is 0.237. The maximum absolute atomic E-state index is 6.24. The van der Waals surface area contributed by atoms with Crippen LogP contribution >= 0.6 is 0 Å². The molecule has 132 valence electrons. The molecule has 3 fully saturated rings. The summed E-state index contributed by atoms with van der Waals surface area (Å²) in [6.07, 6.45) is 17.0. The summed E-state index contributed by atoms with van der Waals surface area (Å²) in [7, 11) is 1.85. The predicted octanol–water partition coefficient (Wildman–Crippen LogP) is 4.90. The monoisotopic (exact) mass is 328 g/mol. The second kappa shape index (κ2) is 4.98. The highest BCUT2D eigenvalue weighted by Crippen LogP contribution is 2.69. The van der Waals surface area contributed by atoms with Gasteiger partial charge in [-0.2, -0.15) is 0 Å². The van der Waals surface area contributed by atoms with Gasteiger partial charge in [-0.25, -0.2) is 0 Å². The van der Waals surface area contributed by atoms with E-state index in [1.165, 1.54) is 44.9 Å². The molecule has 24 heavy (non-hydrogen) atoms. The Balaban J connectivity index is 1.51. The van der Waals surface area contributed by atoms with E-state index in [0.29, 0.717) is 16.9 Å². The van der Waals surface area contributed by atoms with Gasteiger partial charge >= 0.3 is 0 Å². The summed E-state index contributed by atoms with van der Waals surface area (Å²) >= 11 is 0. The minimum atomic E-state index is 0.237. The second-order valence-electron chi connectivity index (χ2n) is 9.59. The smallest absolute Gasteiger partial charge is 0.0760 e. The predicted molar refractivity (Wildman–Crippen MR) is 95.7 cm³/mol. The first-order valence-corrected chi connectivity index (χ1v) is 10.1. The van der Waals surface area contributed by atoms with Crippen LogP contribution in [0.25, 0.3) is 0 Å². The number of fused-ring (bicyclic) bond motifs is 6. The van der Waals surface area contributed by atoms with E-state index in [0.717, 1.165) is 24.4 Å². The summed E-state index contributed by atoms with van der Waals surface area (Å²) in [5, 5.41) is 0. The molecule has 5 rings (SSSR count). The molecular formula is C22H32O2. The average Bonchev–Trinajstić information content (AvgIpc) is 2.87. The largest absolute Gasteiger partial charge is 0.377 e. The quantitative estimate of drug-likeness (QED) is 0.681. The molecule has 0 aromatic carbocycles. The standard InChI is InChI=1S/C22H32O2/c1-20-9-6-16(23-3)14-15(20)4-5-17-18(20)7-10-21(2)19(17)8-11-22(21)12-13-24-22/h4-5,14,16-19H,6-13H2,1-3H3/t16?,17?,18?,19?,20-,21-,22+/m0/s1. The molecule has 0 aromatic rings. The molecule has 1 aliphatic heterocycles. The van der Waals surface area contributed by atoms with E-state index in [1.54, 1.807) is 5.57 Å². The molecule has 1 heterocycles. The highest BCUT2D eigenvalue weighted by Gasteiger charge is 2.66. The van der Waals surface area contributed by atoms with Crippen LogP contribution in [0.5, 0.6) is 0 Å². The van der Waals surface area contributed by atoms with Crippen LogP contribution in [-0.4, -0.2) is 25.4 Å². The molecule has 2 nitrogen and oxygen atoms in total. The van der Waals surface area contributed by atoms with E-state index < -0.39 is 0 Å². The van der Waals surface area contributed by atoms with Crippen LogP contribution in [0.1, 0.15) is 58.8 Å². The van der Waals surface area contributed by atoms with Gasteiger partial charge in [-0.05, 0) is 67.3 Å². The summed E-state index contributed by atoms with van der Waals surface area (Å²) in [4.78, 5) is 0. The first-order chi connectivity index (χ1) is 11.5. The Labute approximate surface area is 146 Å². The molecule has 7 atom stereocenters. The maximum atomic E-state index is 6.24. The van der Waals surface area contributed by atoms with Gasteiger partial charge in [0.25, 0.3) is 0 Å². The van der Waals surface area contributed by atoms with E-state index in [-0.39, 0.29) is 5.60 Å². The van der Waals surface area contributed by atoms with Gasteiger partial charge in [-0.1, -0.05) is 32.1 Å². The zero-order valence-electron chi connectivity index (χ0n) is 15.5. The number of allylic oxidation sites excluding steroid dienone is 3. The van der Waals surface area contributed by atoms with Crippen molar-refractivity contribution in [2.75, 3.05) is 13.7 Å². The number of methoxy groups -OCH3 is 1. The summed E-state index contributed by atoms with van der Waals surface area (Å²) in [5.41, 5.74) is 2.57. The summed E-state index contributed by atoms with van der Waals surface area (Å²) < 4.78 is 11.9. The van der Waals surface area contributed by atoms with Crippen LogP contribution in [0.2, 0.25) is 0 Å². The number of hydrogen-bond donors (Lipinski definition) is 0. The molecule has 0 aromatic heterocycles. The molecule has 4 unspecified atom stereocenters. The number of rotatable bonds is 1. The van der Waals surface area contributed by atoms with Gasteiger partial charge in [-0.3, -0.25) is 0 Å². The lowest BCUT2D eigenvalue weighted by Crippen LogP contribution is -2.58. The van der Waals surface area contributed by atoms with Gasteiger partial charge in [-0.15, -0.1) is 0 Å². The lowest BCUT2D eigenvalue weighted by Gasteiger charge is -2.60. The van der Waals surface area contributed by atoms with Crippen molar-refractivity contribution in [2.24, 2.45) is 28.6 Å². The number of ether oxygens (including phenoxy) is 2. The van der Waals surface area contributed by atoms with E-state index in [9.17, 15) is 0 Å². The van der Waals surface area contributed by atoms with Crippen LogP contribution in [0.3, 0.4) is 0 Å². The zero-order chi connectivity index (χ0) is 16.6. The molecule has 0 radical (unpaired) electrons. The second-order valence-corrected chi connectivity index (χ2v) is 9.59. The molecule has 5 aliphatic rings. The Morgan fingerprint density at radius 3 is 2.54 bits per heavy atom. The minimum Gasteiger partial charge on any atom is -0.377 e. The van der Waals surface area contributed by atoms with Gasteiger partial charge in [0.2, 0.25) is 0 Å². The summed E-state index contributed by atoms with van der Waals surface area (Å²) in [6.45, 7) is 6.09. The van der Waals surface area contributed by atoms with E-state index in [4.69, 9.17) is 9.47 Å². The third-order valence-corrected chi connectivity index (χ3v) is 9.10. The molecule has 2 saturated carbocycles. The Bertz CT molecular complexity index is 601. The van der Waals surface area contributed by atoms with Gasteiger partial charge < -0.3 is 9.47 Å². The topological polar surface area (TPSA) is 18.5 Å². The fraction of sp³-hybridized carbons (Fsp3) is 0.818. The van der Waals surface area contributed by atoms with E-state index >= 15 is 0 Å². The van der Waals surface area contributed by atoms with Crippen LogP contribution in [-0.2, 0) is 9.47 Å². The van der Waals surface area contributed by atoms with Gasteiger partial charge in [0.15, 0.2) is 0 Å². The lowest BCUT2D eigenvalue weighted by molar-refractivity contribution is -0.223. The molecule has 0 bridgehead atoms. The molecule has 1 spiro atoms. The highest BCUT2D eigenvalue weighted by atomic mass is 16.5. The van der Waals surface area contributed by atoms with E-state index in [1.807, 2.05) is 7.11 Å². The molecule has 2 heteroatoms. The maximum Gasteiger partial charge on any atom is 0.0760 e. The van der Waals surface area contributed by atoms with Crippen molar-refractivity contribution in [3.05, 3.63) is 23.8 Å². The SMILES string of the molecule is COC1C=C2C=CC3C(CC[C@@]4(C)C3CC[C@@]43CCO3)[C@@]2(C)CC1. The Kier molecular flexibility index (Phi) is 3.24.